The third kappa shape index (κ3) is 6.00. The van der Waals surface area contributed by atoms with Crippen LogP contribution in [0.3, 0.4) is 0 Å². The van der Waals surface area contributed by atoms with E-state index in [0.29, 0.717) is 0 Å². The molecule has 0 bridgehead atoms. The summed E-state index contributed by atoms with van der Waals surface area (Å²) in [6.07, 6.45) is 1.89. The van der Waals surface area contributed by atoms with Crippen LogP contribution in [0.4, 0.5) is 0 Å². The van der Waals surface area contributed by atoms with Crippen LogP contribution in [-0.2, 0) is 11.2 Å². The molecule has 3 aromatic carbocycles. The van der Waals surface area contributed by atoms with Crippen LogP contribution >= 0.6 is 11.8 Å². The summed E-state index contributed by atoms with van der Waals surface area (Å²) in [6, 6.07) is 30.6. The summed E-state index contributed by atoms with van der Waals surface area (Å²) in [5.41, 5.74) is 2.33. The SMILES string of the molecule is C[C@@H](CCc1ccccc1)NC(=O)[C@H](Sc1ccccc1)c1ccccc1. The molecule has 0 spiro atoms. The van der Waals surface area contributed by atoms with Gasteiger partial charge in [0.05, 0.1) is 0 Å². The molecule has 0 aliphatic rings. The van der Waals surface area contributed by atoms with E-state index in [1.165, 1.54) is 5.56 Å². The Morgan fingerprint density at radius 3 is 2.04 bits per heavy atom. The average Bonchev–Trinajstić information content (AvgIpc) is 2.72. The lowest BCUT2D eigenvalue weighted by Gasteiger charge is -2.20. The van der Waals surface area contributed by atoms with Crippen molar-refractivity contribution >= 4 is 17.7 Å². The second-order valence-electron chi connectivity index (χ2n) is 6.66. The first-order valence-corrected chi connectivity index (χ1v) is 10.2. The Morgan fingerprint density at radius 1 is 0.852 bits per heavy atom. The van der Waals surface area contributed by atoms with E-state index in [2.05, 4.69) is 36.5 Å². The number of carbonyl (C=O) groups excluding carboxylic acids is 1. The fourth-order valence-electron chi connectivity index (χ4n) is 2.95. The minimum atomic E-state index is -0.257. The molecule has 1 amide bonds. The molecule has 3 heteroatoms. The Labute approximate surface area is 166 Å². The zero-order chi connectivity index (χ0) is 18.9. The summed E-state index contributed by atoms with van der Waals surface area (Å²) in [5, 5.41) is 2.95. The van der Waals surface area contributed by atoms with Crippen molar-refractivity contribution in [1.29, 1.82) is 0 Å². The Bertz CT molecular complexity index is 821. The second-order valence-corrected chi connectivity index (χ2v) is 7.83. The van der Waals surface area contributed by atoms with Crippen LogP contribution in [0.5, 0.6) is 0 Å². The van der Waals surface area contributed by atoms with Crippen LogP contribution in [0, 0.1) is 0 Å². The molecule has 1 N–H and O–H groups in total. The summed E-state index contributed by atoms with van der Waals surface area (Å²) in [4.78, 5) is 14.1. The molecule has 3 aromatic rings. The van der Waals surface area contributed by atoms with Gasteiger partial charge < -0.3 is 5.32 Å². The van der Waals surface area contributed by atoms with Gasteiger partial charge >= 0.3 is 0 Å². The number of benzene rings is 3. The van der Waals surface area contributed by atoms with Gasteiger partial charge in [0.1, 0.15) is 5.25 Å². The highest BCUT2D eigenvalue weighted by Crippen LogP contribution is 2.35. The smallest absolute Gasteiger partial charge is 0.238 e. The maximum atomic E-state index is 13.0. The highest BCUT2D eigenvalue weighted by atomic mass is 32.2. The molecule has 0 radical (unpaired) electrons. The van der Waals surface area contributed by atoms with Crippen LogP contribution in [0.25, 0.3) is 0 Å². The van der Waals surface area contributed by atoms with Gasteiger partial charge in [-0.15, -0.1) is 11.8 Å². The molecule has 0 aromatic heterocycles. The van der Waals surface area contributed by atoms with Gasteiger partial charge in [0.15, 0.2) is 0 Å². The standard InChI is InChI=1S/C24H25NOS/c1-19(17-18-20-11-5-2-6-12-20)25-24(26)23(21-13-7-3-8-14-21)27-22-15-9-4-10-16-22/h2-16,19,23H,17-18H2,1H3,(H,25,26)/t19-,23+/m0/s1. The molecule has 2 atom stereocenters. The van der Waals surface area contributed by atoms with E-state index in [-0.39, 0.29) is 17.2 Å². The van der Waals surface area contributed by atoms with Gasteiger partial charge in [0.25, 0.3) is 0 Å². The molecule has 0 aliphatic carbocycles. The molecular weight excluding hydrogens is 350 g/mol. The molecule has 138 valence electrons. The molecule has 0 aliphatic heterocycles. The number of rotatable bonds is 8. The van der Waals surface area contributed by atoms with Gasteiger partial charge in [-0.2, -0.15) is 0 Å². The molecule has 0 fully saturated rings. The molecule has 0 heterocycles. The normalized spacial score (nSPS) is 12.9. The zero-order valence-electron chi connectivity index (χ0n) is 15.5. The molecule has 0 unspecified atom stereocenters. The maximum Gasteiger partial charge on any atom is 0.238 e. The number of aryl methyl sites for hydroxylation is 1. The topological polar surface area (TPSA) is 29.1 Å². The average molecular weight is 376 g/mol. The van der Waals surface area contributed by atoms with E-state index >= 15 is 0 Å². The molecule has 3 rings (SSSR count). The van der Waals surface area contributed by atoms with Crippen LogP contribution in [0.2, 0.25) is 0 Å². The van der Waals surface area contributed by atoms with Crippen molar-refractivity contribution in [3.8, 4) is 0 Å². The summed E-state index contributed by atoms with van der Waals surface area (Å²) in [6.45, 7) is 2.08. The van der Waals surface area contributed by atoms with Crippen molar-refractivity contribution in [3.05, 3.63) is 102 Å². The quantitative estimate of drug-likeness (QED) is 0.515. The fourth-order valence-corrected chi connectivity index (χ4v) is 4.01. The lowest BCUT2D eigenvalue weighted by Crippen LogP contribution is -2.35. The molecule has 0 saturated heterocycles. The largest absolute Gasteiger partial charge is 0.352 e. The number of hydrogen-bond acceptors (Lipinski definition) is 2. The first kappa shape index (κ1) is 19.2. The van der Waals surface area contributed by atoms with Crippen molar-refractivity contribution in [1.82, 2.24) is 5.32 Å². The van der Waals surface area contributed by atoms with Crippen molar-refractivity contribution in [2.75, 3.05) is 0 Å². The van der Waals surface area contributed by atoms with E-state index in [1.807, 2.05) is 66.7 Å². The lowest BCUT2D eigenvalue weighted by molar-refractivity contribution is -0.121. The summed E-state index contributed by atoms with van der Waals surface area (Å²) < 4.78 is 0. The highest BCUT2D eigenvalue weighted by Gasteiger charge is 2.23. The number of nitrogens with one attached hydrogen (secondary N) is 1. The Hall–Kier alpha value is -2.52. The van der Waals surface area contributed by atoms with E-state index in [9.17, 15) is 4.79 Å². The fraction of sp³-hybridized carbons (Fsp3) is 0.208. The van der Waals surface area contributed by atoms with E-state index in [0.717, 1.165) is 23.3 Å². The summed E-state index contributed by atoms with van der Waals surface area (Å²) >= 11 is 1.59. The minimum Gasteiger partial charge on any atom is -0.352 e. The predicted octanol–water partition coefficient (Wildman–Crippen LogP) is 5.66. The first-order valence-electron chi connectivity index (χ1n) is 9.33. The minimum absolute atomic E-state index is 0.0654. The zero-order valence-corrected chi connectivity index (χ0v) is 16.4. The van der Waals surface area contributed by atoms with E-state index in [1.54, 1.807) is 11.8 Å². The van der Waals surface area contributed by atoms with Gasteiger partial charge in [0.2, 0.25) is 5.91 Å². The van der Waals surface area contributed by atoms with Crippen LogP contribution < -0.4 is 5.32 Å². The summed E-state index contributed by atoms with van der Waals surface area (Å²) in [5.74, 6) is 0.0654. The van der Waals surface area contributed by atoms with Gasteiger partial charge in [-0.05, 0) is 43.0 Å². The molecular formula is C24H25NOS. The number of carbonyl (C=O) groups is 1. The Kier molecular flexibility index (Phi) is 7.11. The number of amides is 1. The van der Waals surface area contributed by atoms with Crippen molar-refractivity contribution in [3.63, 3.8) is 0 Å². The maximum absolute atomic E-state index is 13.0. The van der Waals surface area contributed by atoms with Crippen molar-refractivity contribution < 1.29 is 4.79 Å². The lowest BCUT2D eigenvalue weighted by atomic mass is 10.1. The van der Waals surface area contributed by atoms with E-state index < -0.39 is 0 Å². The molecule has 27 heavy (non-hydrogen) atoms. The van der Waals surface area contributed by atoms with Gasteiger partial charge in [0, 0.05) is 10.9 Å². The third-order valence-electron chi connectivity index (χ3n) is 4.44. The van der Waals surface area contributed by atoms with Crippen molar-refractivity contribution in [2.45, 2.75) is 36.0 Å². The second kappa shape index (κ2) is 9.98. The predicted molar refractivity (Wildman–Crippen MR) is 114 cm³/mol. The van der Waals surface area contributed by atoms with Gasteiger partial charge in [-0.1, -0.05) is 78.9 Å². The number of thioether (sulfide) groups is 1. The van der Waals surface area contributed by atoms with Gasteiger partial charge in [-0.3, -0.25) is 4.79 Å². The molecule has 2 nitrogen and oxygen atoms in total. The first-order chi connectivity index (χ1) is 13.2. The van der Waals surface area contributed by atoms with Gasteiger partial charge in [-0.25, -0.2) is 0 Å². The molecule has 0 saturated carbocycles. The van der Waals surface area contributed by atoms with E-state index in [4.69, 9.17) is 0 Å². The Morgan fingerprint density at radius 2 is 1.41 bits per heavy atom. The highest BCUT2D eigenvalue weighted by molar-refractivity contribution is 8.00. The van der Waals surface area contributed by atoms with Crippen LogP contribution in [-0.4, -0.2) is 11.9 Å². The monoisotopic (exact) mass is 375 g/mol. The Balaban J connectivity index is 1.65. The number of hydrogen-bond donors (Lipinski definition) is 1. The van der Waals surface area contributed by atoms with Crippen molar-refractivity contribution in [2.24, 2.45) is 0 Å². The van der Waals surface area contributed by atoms with Crippen LogP contribution in [0.15, 0.2) is 95.9 Å². The third-order valence-corrected chi connectivity index (χ3v) is 5.70. The summed E-state index contributed by atoms with van der Waals surface area (Å²) in [7, 11) is 0. The van der Waals surface area contributed by atoms with Crippen LogP contribution in [0.1, 0.15) is 29.7 Å².